The van der Waals surface area contributed by atoms with Crippen LogP contribution in [0.25, 0.3) is 0 Å². The Hall–Kier alpha value is -0.240. The molecule has 0 saturated carbocycles. The second-order valence-electron chi connectivity index (χ2n) is 4.48. The Kier molecular flexibility index (Phi) is 6.32. The van der Waals surface area contributed by atoms with Crippen molar-refractivity contribution in [3.63, 3.8) is 0 Å². The average Bonchev–Trinajstić information content (AvgIpc) is 2.31. The van der Waals surface area contributed by atoms with Gasteiger partial charge in [0.05, 0.1) is 6.10 Å². The second kappa shape index (κ2) is 7.25. The molecule has 0 aliphatic rings. The maximum Gasteiger partial charge on any atom is 0.0584 e. The predicted octanol–water partition coefficient (Wildman–Crippen LogP) is 4.72. The summed E-state index contributed by atoms with van der Waals surface area (Å²) in [6.07, 6.45) is 3.19. The molecule has 96 valence electrons. The smallest absolute Gasteiger partial charge is 0.0584 e. The molecule has 1 rings (SSSR count). The Balaban J connectivity index is 2.64. The van der Waals surface area contributed by atoms with E-state index in [4.69, 9.17) is 23.2 Å². The first-order chi connectivity index (χ1) is 8.08. The summed E-state index contributed by atoms with van der Waals surface area (Å²) >= 11 is 12.2. The highest BCUT2D eigenvalue weighted by Gasteiger charge is 2.15. The maximum atomic E-state index is 10.1. The quantitative estimate of drug-likeness (QED) is 0.796. The van der Waals surface area contributed by atoms with Crippen LogP contribution in [0.4, 0.5) is 0 Å². The summed E-state index contributed by atoms with van der Waals surface area (Å²) in [6, 6.07) is 5.45. The molecule has 1 nitrogen and oxygen atoms in total. The first-order valence-electron chi connectivity index (χ1n) is 6.19. The Morgan fingerprint density at radius 1 is 1.12 bits per heavy atom. The summed E-state index contributed by atoms with van der Waals surface area (Å²) in [6.45, 7) is 4.31. The highest BCUT2D eigenvalue weighted by Crippen LogP contribution is 2.27. The summed E-state index contributed by atoms with van der Waals surface area (Å²) in [5.41, 5.74) is 0.856. The first kappa shape index (κ1) is 14.8. The summed E-state index contributed by atoms with van der Waals surface area (Å²) in [5.74, 6) is 0.575. The topological polar surface area (TPSA) is 20.2 Å². The molecule has 0 radical (unpaired) electrons. The fourth-order valence-electron chi connectivity index (χ4n) is 2.05. The zero-order valence-electron chi connectivity index (χ0n) is 10.4. The number of hydrogen-bond acceptors (Lipinski definition) is 1. The van der Waals surface area contributed by atoms with Gasteiger partial charge in [0, 0.05) is 16.5 Å². The fourth-order valence-corrected chi connectivity index (χ4v) is 2.60. The van der Waals surface area contributed by atoms with Crippen molar-refractivity contribution in [2.24, 2.45) is 5.92 Å². The Bertz CT molecular complexity index is 328. The standard InChI is InChI=1S/C14H20Cl2O/c1-3-10(4-2)8-11(17)9-12-13(15)6-5-7-14(12)16/h5-7,10-11,17H,3-4,8-9H2,1-2H3. The van der Waals surface area contributed by atoms with Crippen molar-refractivity contribution in [1.82, 2.24) is 0 Å². The molecule has 1 N–H and O–H groups in total. The SMILES string of the molecule is CCC(CC)CC(O)Cc1c(Cl)cccc1Cl. The van der Waals surface area contributed by atoms with Gasteiger partial charge in [-0.1, -0.05) is 56.0 Å². The van der Waals surface area contributed by atoms with Gasteiger partial charge in [0.15, 0.2) is 0 Å². The lowest BCUT2D eigenvalue weighted by atomic mass is 9.93. The molecule has 1 unspecified atom stereocenters. The van der Waals surface area contributed by atoms with Crippen molar-refractivity contribution in [2.75, 3.05) is 0 Å². The molecule has 0 amide bonds. The lowest BCUT2D eigenvalue weighted by molar-refractivity contribution is 0.139. The normalized spacial score (nSPS) is 13.1. The van der Waals surface area contributed by atoms with Gasteiger partial charge in [-0.2, -0.15) is 0 Å². The van der Waals surface area contributed by atoms with E-state index >= 15 is 0 Å². The van der Waals surface area contributed by atoms with Crippen molar-refractivity contribution in [1.29, 1.82) is 0 Å². The number of aliphatic hydroxyl groups excluding tert-OH is 1. The van der Waals surface area contributed by atoms with E-state index in [1.165, 1.54) is 0 Å². The minimum atomic E-state index is -0.364. The largest absolute Gasteiger partial charge is 0.393 e. The van der Waals surface area contributed by atoms with E-state index in [0.717, 1.165) is 24.8 Å². The van der Waals surface area contributed by atoms with Gasteiger partial charge in [-0.05, 0) is 30.0 Å². The number of benzene rings is 1. The van der Waals surface area contributed by atoms with E-state index in [9.17, 15) is 5.11 Å². The zero-order valence-corrected chi connectivity index (χ0v) is 11.9. The molecular formula is C14H20Cl2O. The van der Waals surface area contributed by atoms with Crippen LogP contribution in [-0.4, -0.2) is 11.2 Å². The number of aliphatic hydroxyl groups is 1. The van der Waals surface area contributed by atoms with Gasteiger partial charge in [-0.3, -0.25) is 0 Å². The molecule has 1 atom stereocenters. The first-order valence-corrected chi connectivity index (χ1v) is 6.95. The molecule has 0 heterocycles. The van der Waals surface area contributed by atoms with Gasteiger partial charge in [0.2, 0.25) is 0 Å². The molecular weight excluding hydrogens is 255 g/mol. The maximum absolute atomic E-state index is 10.1. The van der Waals surface area contributed by atoms with Crippen molar-refractivity contribution >= 4 is 23.2 Å². The third-order valence-corrected chi connectivity index (χ3v) is 3.97. The summed E-state index contributed by atoms with van der Waals surface area (Å²) in [4.78, 5) is 0. The molecule has 1 aromatic carbocycles. The monoisotopic (exact) mass is 274 g/mol. The predicted molar refractivity (Wildman–Crippen MR) is 74.9 cm³/mol. The molecule has 17 heavy (non-hydrogen) atoms. The van der Waals surface area contributed by atoms with Crippen LogP contribution < -0.4 is 0 Å². The Morgan fingerprint density at radius 2 is 1.65 bits per heavy atom. The Labute approximate surface area is 114 Å². The summed E-state index contributed by atoms with van der Waals surface area (Å²) in [7, 11) is 0. The minimum absolute atomic E-state index is 0.364. The summed E-state index contributed by atoms with van der Waals surface area (Å²) in [5, 5.41) is 11.3. The molecule has 0 aliphatic heterocycles. The molecule has 0 bridgehead atoms. The van der Waals surface area contributed by atoms with Crippen molar-refractivity contribution in [3.8, 4) is 0 Å². The molecule has 3 heteroatoms. The average molecular weight is 275 g/mol. The van der Waals surface area contributed by atoms with E-state index in [0.29, 0.717) is 22.4 Å². The molecule has 0 aliphatic carbocycles. The van der Waals surface area contributed by atoms with E-state index in [2.05, 4.69) is 13.8 Å². The molecule has 0 saturated heterocycles. The fraction of sp³-hybridized carbons (Fsp3) is 0.571. The Morgan fingerprint density at radius 3 is 2.12 bits per heavy atom. The molecule has 0 spiro atoms. The molecule has 0 aromatic heterocycles. The highest BCUT2D eigenvalue weighted by molar-refractivity contribution is 6.35. The zero-order chi connectivity index (χ0) is 12.8. The van der Waals surface area contributed by atoms with Crippen molar-refractivity contribution in [3.05, 3.63) is 33.8 Å². The van der Waals surface area contributed by atoms with Gasteiger partial charge < -0.3 is 5.11 Å². The van der Waals surface area contributed by atoms with Crippen molar-refractivity contribution in [2.45, 2.75) is 45.6 Å². The van der Waals surface area contributed by atoms with Crippen LogP contribution >= 0.6 is 23.2 Å². The number of halogens is 2. The van der Waals surface area contributed by atoms with Crippen LogP contribution in [-0.2, 0) is 6.42 Å². The van der Waals surface area contributed by atoms with E-state index in [1.54, 1.807) is 0 Å². The van der Waals surface area contributed by atoms with Crippen LogP contribution in [0.5, 0.6) is 0 Å². The number of hydrogen-bond donors (Lipinski definition) is 1. The van der Waals surface area contributed by atoms with Gasteiger partial charge in [-0.15, -0.1) is 0 Å². The highest BCUT2D eigenvalue weighted by atomic mass is 35.5. The van der Waals surface area contributed by atoms with E-state index < -0.39 is 0 Å². The number of rotatable bonds is 6. The third-order valence-electron chi connectivity index (χ3n) is 3.26. The van der Waals surface area contributed by atoms with Crippen LogP contribution in [0.15, 0.2) is 18.2 Å². The van der Waals surface area contributed by atoms with Crippen LogP contribution in [0.1, 0.15) is 38.7 Å². The van der Waals surface area contributed by atoms with Gasteiger partial charge in [-0.25, -0.2) is 0 Å². The lowest BCUT2D eigenvalue weighted by Crippen LogP contribution is -2.16. The lowest BCUT2D eigenvalue weighted by Gasteiger charge is -2.18. The van der Waals surface area contributed by atoms with Crippen LogP contribution in [0, 0.1) is 5.92 Å². The van der Waals surface area contributed by atoms with Crippen molar-refractivity contribution < 1.29 is 5.11 Å². The molecule has 0 fully saturated rings. The van der Waals surface area contributed by atoms with Crippen LogP contribution in [0.2, 0.25) is 10.0 Å². The third kappa shape index (κ3) is 4.50. The van der Waals surface area contributed by atoms with E-state index in [-0.39, 0.29) is 6.10 Å². The van der Waals surface area contributed by atoms with Gasteiger partial charge >= 0.3 is 0 Å². The summed E-state index contributed by atoms with van der Waals surface area (Å²) < 4.78 is 0. The minimum Gasteiger partial charge on any atom is -0.393 e. The van der Waals surface area contributed by atoms with E-state index in [1.807, 2.05) is 18.2 Å². The van der Waals surface area contributed by atoms with Gasteiger partial charge in [0.1, 0.15) is 0 Å². The second-order valence-corrected chi connectivity index (χ2v) is 5.29. The molecule has 1 aromatic rings. The van der Waals surface area contributed by atoms with Crippen LogP contribution in [0.3, 0.4) is 0 Å². The van der Waals surface area contributed by atoms with Gasteiger partial charge in [0.25, 0.3) is 0 Å².